The first-order chi connectivity index (χ1) is 6.76. The molecule has 1 unspecified atom stereocenters. The molecule has 0 amide bonds. The minimum absolute atomic E-state index is 0.386. The number of rotatable bonds is 5. The van der Waals surface area contributed by atoms with Gasteiger partial charge in [0.05, 0.1) is 13.7 Å². The molecule has 0 aromatic heterocycles. The Morgan fingerprint density at radius 3 is 2.29 bits per heavy atom. The van der Waals surface area contributed by atoms with E-state index in [-0.39, 0.29) is 0 Å². The molecule has 1 aromatic rings. The Morgan fingerprint density at radius 1 is 1.21 bits per heavy atom. The first kappa shape index (κ1) is 10.9. The first-order valence-electron chi connectivity index (χ1n) is 4.73. The lowest BCUT2D eigenvalue weighted by Crippen LogP contribution is -2.18. The second-order valence-electron chi connectivity index (χ2n) is 3.33. The van der Waals surface area contributed by atoms with Gasteiger partial charge in [0.15, 0.2) is 0 Å². The number of hydrogen-bond acceptors (Lipinski definition) is 3. The van der Waals surface area contributed by atoms with Crippen LogP contribution in [0.2, 0.25) is 0 Å². The van der Waals surface area contributed by atoms with E-state index in [1.165, 1.54) is 0 Å². The molecule has 1 atom stereocenters. The van der Waals surface area contributed by atoms with Crippen LogP contribution >= 0.6 is 0 Å². The van der Waals surface area contributed by atoms with Gasteiger partial charge < -0.3 is 15.2 Å². The smallest absolute Gasteiger partial charge is 0.119 e. The van der Waals surface area contributed by atoms with E-state index in [9.17, 15) is 0 Å². The van der Waals surface area contributed by atoms with Gasteiger partial charge in [0, 0.05) is 5.92 Å². The molecule has 14 heavy (non-hydrogen) atoms. The highest BCUT2D eigenvalue weighted by Crippen LogP contribution is 2.17. The van der Waals surface area contributed by atoms with Crippen LogP contribution in [-0.2, 0) is 0 Å². The third kappa shape index (κ3) is 3.26. The number of methoxy groups -OCH3 is 1. The summed E-state index contributed by atoms with van der Waals surface area (Å²) in [6, 6.07) is 7.54. The van der Waals surface area contributed by atoms with Gasteiger partial charge in [-0.05, 0) is 30.8 Å². The molecule has 0 fully saturated rings. The van der Waals surface area contributed by atoms with Gasteiger partial charge in [0.2, 0.25) is 0 Å². The van der Waals surface area contributed by atoms with Crippen molar-refractivity contribution in [1.29, 1.82) is 0 Å². The molecule has 1 aromatic carbocycles. The molecule has 0 bridgehead atoms. The Kier molecular flexibility index (Phi) is 4.26. The molecule has 0 aliphatic carbocycles. The van der Waals surface area contributed by atoms with Crippen LogP contribution in [0.15, 0.2) is 24.3 Å². The predicted molar refractivity (Wildman–Crippen MR) is 56.7 cm³/mol. The van der Waals surface area contributed by atoms with Crippen LogP contribution < -0.4 is 15.2 Å². The summed E-state index contributed by atoms with van der Waals surface area (Å²) in [5.74, 6) is 2.08. The molecule has 0 aliphatic heterocycles. The number of hydrogen-bond donors (Lipinski definition) is 1. The summed E-state index contributed by atoms with van der Waals surface area (Å²) in [4.78, 5) is 0. The van der Waals surface area contributed by atoms with Gasteiger partial charge in [-0.15, -0.1) is 0 Å². The highest BCUT2D eigenvalue weighted by atomic mass is 16.5. The zero-order valence-electron chi connectivity index (χ0n) is 8.69. The lowest BCUT2D eigenvalue weighted by atomic mass is 10.2. The summed E-state index contributed by atoms with van der Waals surface area (Å²) in [5, 5.41) is 0. The first-order valence-corrected chi connectivity index (χ1v) is 4.73. The van der Waals surface area contributed by atoms with Crippen LogP contribution in [0.5, 0.6) is 11.5 Å². The third-order valence-corrected chi connectivity index (χ3v) is 2.00. The molecule has 0 aliphatic rings. The van der Waals surface area contributed by atoms with Crippen molar-refractivity contribution < 1.29 is 9.47 Å². The van der Waals surface area contributed by atoms with Crippen LogP contribution in [0.3, 0.4) is 0 Å². The van der Waals surface area contributed by atoms with E-state index < -0.39 is 0 Å². The SMILES string of the molecule is COc1ccc(OCC(C)CN)cc1. The number of ether oxygens (including phenoxy) is 2. The second kappa shape index (κ2) is 5.50. The van der Waals surface area contributed by atoms with Crippen molar-refractivity contribution in [3.8, 4) is 11.5 Å². The van der Waals surface area contributed by atoms with Gasteiger partial charge in [-0.3, -0.25) is 0 Å². The maximum absolute atomic E-state index is 5.52. The van der Waals surface area contributed by atoms with E-state index >= 15 is 0 Å². The average molecular weight is 195 g/mol. The van der Waals surface area contributed by atoms with Crippen molar-refractivity contribution in [3.05, 3.63) is 24.3 Å². The van der Waals surface area contributed by atoms with E-state index in [0.717, 1.165) is 11.5 Å². The van der Waals surface area contributed by atoms with Crippen LogP contribution in [-0.4, -0.2) is 20.3 Å². The van der Waals surface area contributed by atoms with Gasteiger partial charge >= 0.3 is 0 Å². The maximum Gasteiger partial charge on any atom is 0.119 e. The molecular weight excluding hydrogens is 178 g/mol. The fourth-order valence-corrected chi connectivity index (χ4v) is 0.978. The molecule has 3 nitrogen and oxygen atoms in total. The Labute approximate surface area is 84.8 Å². The summed E-state index contributed by atoms with van der Waals surface area (Å²) in [5.41, 5.74) is 5.48. The van der Waals surface area contributed by atoms with Crippen molar-refractivity contribution in [2.24, 2.45) is 11.7 Å². The predicted octanol–water partition coefficient (Wildman–Crippen LogP) is 1.67. The Bertz CT molecular complexity index is 258. The Balaban J connectivity index is 2.43. The molecule has 3 heteroatoms. The van der Waals surface area contributed by atoms with E-state index in [2.05, 4.69) is 6.92 Å². The van der Waals surface area contributed by atoms with E-state index in [4.69, 9.17) is 15.2 Å². The van der Waals surface area contributed by atoms with Crippen molar-refractivity contribution in [2.75, 3.05) is 20.3 Å². The summed E-state index contributed by atoms with van der Waals surface area (Å²) in [6.45, 7) is 3.36. The molecule has 78 valence electrons. The average Bonchev–Trinajstić information content (AvgIpc) is 2.26. The lowest BCUT2D eigenvalue weighted by molar-refractivity contribution is 0.263. The highest BCUT2D eigenvalue weighted by molar-refractivity contribution is 5.31. The van der Waals surface area contributed by atoms with Crippen molar-refractivity contribution in [2.45, 2.75) is 6.92 Å². The van der Waals surface area contributed by atoms with Gasteiger partial charge in [-0.1, -0.05) is 6.92 Å². The molecule has 1 rings (SSSR count). The highest BCUT2D eigenvalue weighted by Gasteiger charge is 2.00. The summed E-state index contributed by atoms with van der Waals surface area (Å²) in [7, 11) is 1.65. The van der Waals surface area contributed by atoms with Gasteiger partial charge in [-0.2, -0.15) is 0 Å². The summed E-state index contributed by atoms with van der Waals surface area (Å²) >= 11 is 0. The zero-order chi connectivity index (χ0) is 10.4. The fraction of sp³-hybridized carbons (Fsp3) is 0.455. The lowest BCUT2D eigenvalue weighted by Gasteiger charge is -2.10. The zero-order valence-corrected chi connectivity index (χ0v) is 8.69. The number of benzene rings is 1. The summed E-state index contributed by atoms with van der Waals surface area (Å²) < 4.78 is 10.6. The number of nitrogens with two attached hydrogens (primary N) is 1. The van der Waals surface area contributed by atoms with Crippen molar-refractivity contribution in [3.63, 3.8) is 0 Å². The quantitative estimate of drug-likeness (QED) is 0.777. The van der Waals surface area contributed by atoms with E-state index in [0.29, 0.717) is 19.1 Å². The van der Waals surface area contributed by atoms with Gasteiger partial charge in [0.1, 0.15) is 11.5 Å². The van der Waals surface area contributed by atoms with Crippen LogP contribution in [0.4, 0.5) is 0 Å². The van der Waals surface area contributed by atoms with Gasteiger partial charge in [0.25, 0.3) is 0 Å². The maximum atomic E-state index is 5.52. The van der Waals surface area contributed by atoms with Crippen LogP contribution in [0.25, 0.3) is 0 Å². The van der Waals surface area contributed by atoms with E-state index in [1.54, 1.807) is 7.11 Å². The normalized spacial score (nSPS) is 12.2. The Morgan fingerprint density at radius 2 is 1.79 bits per heavy atom. The van der Waals surface area contributed by atoms with Crippen LogP contribution in [0.1, 0.15) is 6.92 Å². The summed E-state index contributed by atoms with van der Waals surface area (Å²) in [6.07, 6.45) is 0. The minimum atomic E-state index is 0.386. The molecular formula is C11H17NO2. The van der Waals surface area contributed by atoms with Gasteiger partial charge in [-0.25, -0.2) is 0 Å². The molecule has 0 saturated carbocycles. The standard InChI is InChI=1S/C11H17NO2/c1-9(7-12)8-14-11-5-3-10(13-2)4-6-11/h3-6,9H,7-8,12H2,1-2H3. The fourth-order valence-electron chi connectivity index (χ4n) is 0.978. The third-order valence-electron chi connectivity index (χ3n) is 2.00. The second-order valence-corrected chi connectivity index (χ2v) is 3.33. The topological polar surface area (TPSA) is 44.5 Å². The molecule has 0 saturated heterocycles. The largest absolute Gasteiger partial charge is 0.497 e. The molecule has 2 N–H and O–H groups in total. The van der Waals surface area contributed by atoms with Crippen LogP contribution in [0, 0.1) is 5.92 Å². The Hall–Kier alpha value is -1.22. The molecule has 0 heterocycles. The minimum Gasteiger partial charge on any atom is -0.497 e. The van der Waals surface area contributed by atoms with Crippen molar-refractivity contribution in [1.82, 2.24) is 0 Å². The van der Waals surface area contributed by atoms with E-state index in [1.807, 2.05) is 24.3 Å². The monoisotopic (exact) mass is 195 g/mol. The molecule has 0 spiro atoms. The van der Waals surface area contributed by atoms with Crippen molar-refractivity contribution >= 4 is 0 Å². The molecule has 0 radical (unpaired) electrons.